The van der Waals surface area contributed by atoms with Crippen LogP contribution < -0.4 is 16.0 Å². The largest absolute Gasteiger partial charge is 0.342 e. The second-order valence-electron chi connectivity index (χ2n) is 7.82. The summed E-state index contributed by atoms with van der Waals surface area (Å²) in [7, 11) is 0. The second-order valence-corrected chi connectivity index (χ2v) is 7.82. The molecule has 2 heterocycles. The highest BCUT2D eigenvalue weighted by molar-refractivity contribution is 6.10. The van der Waals surface area contributed by atoms with Crippen LogP contribution in [0, 0.1) is 0 Å². The fourth-order valence-corrected chi connectivity index (χ4v) is 3.92. The molecule has 0 bridgehead atoms. The van der Waals surface area contributed by atoms with Crippen LogP contribution in [-0.4, -0.2) is 33.7 Å². The van der Waals surface area contributed by atoms with Gasteiger partial charge in [0.15, 0.2) is 0 Å². The molecular weight excluding hydrogens is 418 g/mol. The molecule has 4 N–H and O–H groups in total. The summed E-state index contributed by atoms with van der Waals surface area (Å²) in [5, 5.41) is 8.35. The lowest BCUT2D eigenvalue weighted by atomic mass is 10.1. The van der Waals surface area contributed by atoms with Crippen molar-refractivity contribution in [1.82, 2.24) is 20.6 Å². The number of carbonyl (C=O) groups is 3. The number of fused-ring (bicyclic) bond motifs is 2. The second kappa shape index (κ2) is 8.58. The van der Waals surface area contributed by atoms with Crippen LogP contribution >= 0.6 is 0 Å². The van der Waals surface area contributed by atoms with Crippen LogP contribution in [0.4, 0.5) is 5.69 Å². The smallest absolute Gasteiger partial charge is 0.254 e. The zero-order valence-electron chi connectivity index (χ0n) is 17.5. The fraction of sp³-hybridized carbons (Fsp3) is 0.120. The normalized spacial score (nSPS) is 16.3. The molecule has 1 aromatic heterocycles. The number of H-pyrrole nitrogens is 1. The monoisotopic (exact) mass is 439 g/mol. The Labute approximate surface area is 189 Å². The SMILES string of the molecule is O=C(C[C@H]1NC(=O)c2ccccc2NC1=O)N[C@H](c1ccccc1)c1nc2ccccc2[nH]1. The Bertz CT molecular complexity index is 1320. The topological polar surface area (TPSA) is 116 Å². The van der Waals surface area contributed by atoms with E-state index in [-0.39, 0.29) is 6.42 Å². The predicted octanol–water partition coefficient (Wildman–Crippen LogP) is 2.91. The van der Waals surface area contributed by atoms with Crippen molar-refractivity contribution >= 4 is 34.4 Å². The van der Waals surface area contributed by atoms with Gasteiger partial charge in [-0.25, -0.2) is 4.98 Å². The van der Waals surface area contributed by atoms with Crippen LogP contribution in [0.3, 0.4) is 0 Å². The van der Waals surface area contributed by atoms with Gasteiger partial charge in [0.2, 0.25) is 11.8 Å². The van der Waals surface area contributed by atoms with Crippen molar-refractivity contribution in [3.8, 4) is 0 Å². The summed E-state index contributed by atoms with van der Waals surface area (Å²) >= 11 is 0. The Morgan fingerprint density at radius 3 is 2.48 bits per heavy atom. The van der Waals surface area contributed by atoms with E-state index >= 15 is 0 Å². The molecule has 5 rings (SSSR count). The van der Waals surface area contributed by atoms with E-state index in [1.807, 2.05) is 54.6 Å². The molecule has 8 heteroatoms. The van der Waals surface area contributed by atoms with Gasteiger partial charge in [-0.1, -0.05) is 54.6 Å². The Morgan fingerprint density at radius 1 is 0.939 bits per heavy atom. The van der Waals surface area contributed by atoms with E-state index in [1.165, 1.54) is 0 Å². The molecule has 1 aliphatic heterocycles. The van der Waals surface area contributed by atoms with Crippen molar-refractivity contribution in [2.24, 2.45) is 0 Å². The van der Waals surface area contributed by atoms with Crippen molar-refractivity contribution in [1.29, 1.82) is 0 Å². The predicted molar refractivity (Wildman–Crippen MR) is 123 cm³/mol. The van der Waals surface area contributed by atoms with Crippen molar-refractivity contribution in [3.63, 3.8) is 0 Å². The molecule has 0 aliphatic carbocycles. The van der Waals surface area contributed by atoms with Gasteiger partial charge in [0.05, 0.1) is 28.7 Å². The quantitative estimate of drug-likeness (QED) is 0.383. The van der Waals surface area contributed by atoms with Gasteiger partial charge in [-0.15, -0.1) is 0 Å². The first kappa shape index (κ1) is 20.4. The number of aromatic nitrogens is 2. The molecule has 0 fully saturated rings. The van der Waals surface area contributed by atoms with Crippen molar-refractivity contribution < 1.29 is 14.4 Å². The highest BCUT2D eigenvalue weighted by atomic mass is 16.2. The summed E-state index contributed by atoms with van der Waals surface area (Å²) in [6, 6.07) is 22.2. The Kier molecular flexibility index (Phi) is 5.32. The maximum Gasteiger partial charge on any atom is 0.254 e. The molecule has 0 saturated heterocycles. The number of nitrogens with zero attached hydrogens (tertiary/aromatic N) is 1. The van der Waals surface area contributed by atoms with Crippen molar-refractivity contribution in [2.75, 3.05) is 5.32 Å². The lowest BCUT2D eigenvalue weighted by Crippen LogP contribution is -2.45. The summed E-state index contributed by atoms with van der Waals surface area (Å²) in [4.78, 5) is 46.2. The average molecular weight is 439 g/mol. The number of anilines is 1. The van der Waals surface area contributed by atoms with Crippen LogP contribution in [0.5, 0.6) is 0 Å². The lowest BCUT2D eigenvalue weighted by Gasteiger charge is -2.19. The summed E-state index contributed by atoms with van der Waals surface area (Å²) < 4.78 is 0. The zero-order valence-corrected chi connectivity index (χ0v) is 17.5. The number of nitrogens with one attached hydrogen (secondary N) is 4. The molecular formula is C25H21N5O3. The minimum atomic E-state index is -1.00. The third kappa shape index (κ3) is 4.18. The molecule has 0 radical (unpaired) electrons. The van der Waals surface area contributed by atoms with Gasteiger partial charge >= 0.3 is 0 Å². The number of hydrogen-bond donors (Lipinski definition) is 4. The Hall–Kier alpha value is -4.46. The lowest BCUT2D eigenvalue weighted by molar-refractivity contribution is -0.126. The van der Waals surface area contributed by atoms with Gasteiger partial charge in [0.1, 0.15) is 17.9 Å². The van der Waals surface area contributed by atoms with Crippen LogP contribution in [-0.2, 0) is 9.59 Å². The van der Waals surface area contributed by atoms with Crippen LogP contribution in [0.2, 0.25) is 0 Å². The molecule has 4 aromatic rings. The van der Waals surface area contributed by atoms with E-state index in [4.69, 9.17) is 0 Å². The first-order chi connectivity index (χ1) is 16.1. The van der Waals surface area contributed by atoms with Crippen LogP contribution in [0.1, 0.15) is 34.2 Å². The minimum absolute atomic E-state index is 0.213. The number of aromatic amines is 1. The average Bonchev–Trinajstić information content (AvgIpc) is 3.22. The van der Waals surface area contributed by atoms with Crippen molar-refractivity contribution in [3.05, 3.63) is 95.8 Å². The van der Waals surface area contributed by atoms with Gasteiger partial charge in [-0.05, 0) is 29.8 Å². The molecule has 8 nitrogen and oxygen atoms in total. The van der Waals surface area contributed by atoms with E-state index in [2.05, 4.69) is 25.9 Å². The summed E-state index contributed by atoms with van der Waals surface area (Å²) in [5.41, 5.74) is 3.27. The van der Waals surface area contributed by atoms with Crippen LogP contribution in [0.15, 0.2) is 78.9 Å². The van der Waals surface area contributed by atoms with E-state index in [9.17, 15) is 14.4 Å². The minimum Gasteiger partial charge on any atom is -0.342 e. The number of imidazole rings is 1. The molecule has 3 amide bonds. The molecule has 3 aromatic carbocycles. The van der Waals surface area contributed by atoms with Gasteiger partial charge in [-0.2, -0.15) is 0 Å². The number of rotatable bonds is 5. The van der Waals surface area contributed by atoms with Crippen LogP contribution in [0.25, 0.3) is 11.0 Å². The van der Waals surface area contributed by atoms with E-state index in [1.54, 1.807) is 24.3 Å². The maximum absolute atomic E-state index is 13.0. The highest BCUT2D eigenvalue weighted by Gasteiger charge is 2.30. The van der Waals surface area contributed by atoms with Crippen molar-refractivity contribution in [2.45, 2.75) is 18.5 Å². The number of amides is 3. The molecule has 1 aliphatic rings. The molecule has 2 atom stereocenters. The maximum atomic E-state index is 13.0. The van der Waals surface area contributed by atoms with Gasteiger partial charge in [0, 0.05) is 0 Å². The fourth-order valence-electron chi connectivity index (χ4n) is 3.92. The molecule has 0 saturated carbocycles. The highest BCUT2D eigenvalue weighted by Crippen LogP contribution is 2.23. The number of para-hydroxylation sites is 3. The van der Waals surface area contributed by atoms with E-state index in [0.717, 1.165) is 16.6 Å². The summed E-state index contributed by atoms with van der Waals surface area (Å²) in [5.74, 6) is -0.657. The summed E-state index contributed by atoms with van der Waals surface area (Å²) in [6.07, 6.45) is -0.213. The first-order valence-corrected chi connectivity index (χ1v) is 10.6. The molecule has 0 spiro atoms. The molecule has 164 valence electrons. The van der Waals surface area contributed by atoms with Gasteiger partial charge < -0.3 is 20.9 Å². The molecule has 0 unspecified atom stereocenters. The number of hydrogen-bond acceptors (Lipinski definition) is 4. The summed E-state index contributed by atoms with van der Waals surface area (Å²) in [6.45, 7) is 0. The third-order valence-electron chi connectivity index (χ3n) is 5.56. The van der Waals surface area contributed by atoms with Gasteiger partial charge in [-0.3, -0.25) is 14.4 Å². The zero-order chi connectivity index (χ0) is 22.8. The Morgan fingerprint density at radius 2 is 1.67 bits per heavy atom. The van der Waals surface area contributed by atoms with E-state index in [0.29, 0.717) is 17.1 Å². The number of benzene rings is 3. The van der Waals surface area contributed by atoms with Gasteiger partial charge in [0.25, 0.3) is 5.91 Å². The Balaban J connectivity index is 1.38. The first-order valence-electron chi connectivity index (χ1n) is 10.6. The third-order valence-corrected chi connectivity index (χ3v) is 5.56. The molecule has 33 heavy (non-hydrogen) atoms. The standard InChI is InChI=1S/C25H21N5O3/c31-21(14-20-25(33)28-17-11-5-4-10-16(17)24(32)29-20)30-22(15-8-2-1-3-9-15)23-26-18-12-6-7-13-19(18)27-23/h1-13,20,22H,14H2,(H,26,27)(H,28,33)(H,29,32)(H,30,31)/t20-,22-/m1/s1. The van der Waals surface area contributed by atoms with E-state index < -0.39 is 29.8 Å². The number of carbonyl (C=O) groups excluding carboxylic acids is 3.